The molecule has 0 aromatic heterocycles. The minimum atomic E-state index is -3.95. The molecule has 184 valence electrons. The number of hydrogen-bond acceptors (Lipinski definition) is 5. The van der Waals surface area contributed by atoms with Crippen LogP contribution in [0.5, 0.6) is 5.75 Å². The molecule has 0 atom stereocenters. The Morgan fingerprint density at radius 1 is 0.943 bits per heavy atom. The molecule has 35 heavy (non-hydrogen) atoms. The van der Waals surface area contributed by atoms with Crippen molar-refractivity contribution in [1.29, 1.82) is 0 Å². The second kappa shape index (κ2) is 10.8. The fourth-order valence-electron chi connectivity index (χ4n) is 3.14. The number of anilines is 2. The normalized spacial score (nSPS) is 11.0. The number of ether oxygens (including phenoxy) is 1. The van der Waals surface area contributed by atoms with E-state index >= 15 is 0 Å². The lowest BCUT2D eigenvalue weighted by Crippen LogP contribution is -2.34. The number of amides is 1. The minimum Gasteiger partial charge on any atom is -0.496 e. The molecule has 0 unspecified atom stereocenters. The first-order valence-corrected chi connectivity index (χ1v) is 12.9. The van der Waals surface area contributed by atoms with Crippen LogP contribution in [0, 0.1) is 20.8 Å². The van der Waals surface area contributed by atoms with Gasteiger partial charge in [0, 0.05) is 10.6 Å². The molecular weight excluding hydrogens is 529 g/mol. The smallest absolute Gasteiger partial charge is 0.261 e. The number of rotatable bonds is 6. The quantitative estimate of drug-likeness (QED) is 0.332. The highest BCUT2D eigenvalue weighted by Crippen LogP contribution is 2.28. The summed E-state index contributed by atoms with van der Waals surface area (Å²) >= 11 is 17.6. The molecule has 3 aromatic carbocycles. The third kappa shape index (κ3) is 6.43. The summed E-state index contributed by atoms with van der Waals surface area (Å²) in [7, 11) is -2.42. The summed E-state index contributed by atoms with van der Waals surface area (Å²) in [4.78, 5) is 12.6. The second-order valence-electron chi connectivity index (χ2n) is 7.74. The number of thiocarbonyl (C=S) groups is 1. The van der Waals surface area contributed by atoms with Crippen LogP contribution in [-0.2, 0) is 10.0 Å². The molecule has 0 fully saturated rings. The van der Waals surface area contributed by atoms with Crippen molar-refractivity contribution in [3.8, 4) is 5.75 Å². The standard InChI is InChI=1S/C24H23Cl2N3O4S2/c1-13-5-6-17(11-20(13)26)29-35(31,32)18-7-8-19(25)21(12-18)27-24(34)28-23(30)16-9-14(2)15(3)22(10-16)33-4/h5-12,29H,1-4H3,(H2,27,28,30,34). The van der Waals surface area contributed by atoms with E-state index in [0.717, 1.165) is 16.7 Å². The van der Waals surface area contributed by atoms with Gasteiger partial charge in [-0.05, 0) is 92.1 Å². The number of nitrogens with one attached hydrogen (secondary N) is 3. The van der Waals surface area contributed by atoms with Gasteiger partial charge >= 0.3 is 0 Å². The monoisotopic (exact) mass is 551 g/mol. The molecule has 0 aliphatic carbocycles. The van der Waals surface area contributed by atoms with Gasteiger partial charge in [-0.2, -0.15) is 0 Å². The van der Waals surface area contributed by atoms with Crippen LogP contribution >= 0.6 is 35.4 Å². The van der Waals surface area contributed by atoms with Gasteiger partial charge in [0.1, 0.15) is 5.75 Å². The largest absolute Gasteiger partial charge is 0.496 e. The molecule has 11 heteroatoms. The summed E-state index contributed by atoms with van der Waals surface area (Å²) in [6.07, 6.45) is 0. The summed E-state index contributed by atoms with van der Waals surface area (Å²) in [6, 6.07) is 12.3. The van der Waals surface area contributed by atoms with Crippen molar-refractivity contribution < 1.29 is 17.9 Å². The van der Waals surface area contributed by atoms with Gasteiger partial charge in [0.25, 0.3) is 15.9 Å². The van der Waals surface area contributed by atoms with Gasteiger partial charge < -0.3 is 10.1 Å². The Morgan fingerprint density at radius 3 is 2.31 bits per heavy atom. The Labute approximate surface area is 219 Å². The van der Waals surface area contributed by atoms with Crippen LogP contribution < -0.4 is 20.1 Å². The minimum absolute atomic E-state index is 0.0538. The fraction of sp³-hybridized carbons (Fsp3) is 0.167. The number of sulfonamides is 1. The molecule has 0 aliphatic rings. The van der Waals surface area contributed by atoms with Crippen molar-refractivity contribution in [3.05, 3.63) is 80.8 Å². The van der Waals surface area contributed by atoms with Crippen LogP contribution in [0.15, 0.2) is 53.4 Å². The van der Waals surface area contributed by atoms with Gasteiger partial charge in [-0.3, -0.25) is 14.8 Å². The van der Waals surface area contributed by atoms with Crippen molar-refractivity contribution in [2.75, 3.05) is 17.1 Å². The zero-order chi connectivity index (χ0) is 25.9. The number of carbonyl (C=O) groups excluding carboxylic acids is 1. The van der Waals surface area contributed by atoms with Gasteiger partial charge in [-0.1, -0.05) is 29.3 Å². The van der Waals surface area contributed by atoms with E-state index in [9.17, 15) is 13.2 Å². The highest BCUT2D eigenvalue weighted by atomic mass is 35.5. The molecule has 1 amide bonds. The summed E-state index contributed by atoms with van der Waals surface area (Å²) in [5.41, 5.74) is 3.52. The molecule has 3 rings (SSSR count). The van der Waals surface area contributed by atoms with Gasteiger partial charge in [-0.15, -0.1) is 0 Å². The Bertz CT molecular complexity index is 1430. The zero-order valence-electron chi connectivity index (χ0n) is 19.3. The molecule has 0 bridgehead atoms. The van der Waals surface area contributed by atoms with Gasteiger partial charge in [-0.25, -0.2) is 8.42 Å². The van der Waals surface area contributed by atoms with Crippen molar-refractivity contribution in [2.45, 2.75) is 25.7 Å². The Morgan fingerprint density at radius 2 is 1.66 bits per heavy atom. The SMILES string of the molecule is COc1cc(C(=O)NC(=S)Nc2cc(S(=O)(=O)Nc3ccc(C)c(Cl)c3)ccc2Cl)cc(C)c1C. The molecule has 3 N–H and O–H groups in total. The first-order valence-electron chi connectivity index (χ1n) is 10.3. The maximum atomic E-state index is 12.9. The predicted octanol–water partition coefficient (Wildman–Crippen LogP) is 5.85. The second-order valence-corrected chi connectivity index (χ2v) is 10.6. The summed E-state index contributed by atoms with van der Waals surface area (Å²) < 4.78 is 33.6. The van der Waals surface area contributed by atoms with Crippen molar-refractivity contribution >= 4 is 67.8 Å². The number of halogens is 2. The van der Waals surface area contributed by atoms with Crippen LogP contribution in [0.25, 0.3) is 0 Å². The average molecular weight is 553 g/mol. The van der Waals surface area contributed by atoms with E-state index in [1.54, 1.807) is 24.3 Å². The molecule has 0 saturated carbocycles. The molecule has 0 radical (unpaired) electrons. The number of hydrogen-bond donors (Lipinski definition) is 3. The predicted molar refractivity (Wildman–Crippen MR) is 145 cm³/mol. The van der Waals surface area contributed by atoms with Crippen LogP contribution in [0.1, 0.15) is 27.0 Å². The van der Waals surface area contributed by atoms with Crippen molar-refractivity contribution in [1.82, 2.24) is 5.32 Å². The third-order valence-corrected chi connectivity index (χ3v) is 7.57. The summed E-state index contributed by atoms with van der Waals surface area (Å²) in [5, 5.41) is 5.95. The van der Waals surface area contributed by atoms with E-state index < -0.39 is 15.9 Å². The topological polar surface area (TPSA) is 96.5 Å². The first kappa shape index (κ1) is 26.7. The van der Waals surface area contributed by atoms with Crippen molar-refractivity contribution in [3.63, 3.8) is 0 Å². The maximum absolute atomic E-state index is 12.9. The first-order chi connectivity index (χ1) is 16.4. The maximum Gasteiger partial charge on any atom is 0.261 e. The summed E-state index contributed by atoms with van der Waals surface area (Å²) in [5.74, 6) is 0.124. The van der Waals surface area contributed by atoms with Gasteiger partial charge in [0.15, 0.2) is 5.11 Å². The molecular formula is C24H23Cl2N3O4S2. The van der Waals surface area contributed by atoms with E-state index in [0.29, 0.717) is 22.0 Å². The van der Waals surface area contributed by atoms with E-state index in [-0.39, 0.29) is 20.7 Å². The third-order valence-electron chi connectivity index (χ3n) is 5.25. The van der Waals surface area contributed by atoms with E-state index in [2.05, 4.69) is 15.4 Å². The summed E-state index contributed by atoms with van der Waals surface area (Å²) in [6.45, 7) is 5.58. The van der Waals surface area contributed by atoms with Crippen LogP contribution in [-0.4, -0.2) is 26.5 Å². The lowest BCUT2D eigenvalue weighted by molar-refractivity contribution is 0.0977. The number of benzene rings is 3. The van der Waals surface area contributed by atoms with Crippen LogP contribution in [0.4, 0.5) is 11.4 Å². The van der Waals surface area contributed by atoms with Crippen LogP contribution in [0.2, 0.25) is 10.0 Å². The van der Waals surface area contributed by atoms with E-state index in [4.69, 9.17) is 40.2 Å². The lowest BCUT2D eigenvalue weighted by Gasteiger charge is -2.15. The highest BCUT2D eigenvalue weighted by Gasteiger charge is 2.18. The number of carbonyl (C=O) groups is 1. The Balaban J connectivity index is 1.77. The number of aryl methyl sites for hydroxylation is 2. The van der Waals surface area contributed by atoms with Gasteiger partial charge in [0.05, 0.1) is 28.4 Å². The van der Waals surface area contributed by atoms with Crippen LogP contribution in [0.3, 0.4) is 0 Å². The lowest BCUT2D eigenvalue weighted by atomic mass is 10.0. The Kier molecular flexibility index (Phi) is 8.27. The fourth-order valence-corrected chi connectivity index (χ4v) is 4.76. The Hall–Kier alpha value is -2.85. The molecule has 0 spiro atoms. The van der Waals surface area contributed by atoms with E-state index in [1.165, 1.54) is 31.4 Å². The van der Waals surface area contributed by atoms with E-state index in [1.807, 2.05) is 20.8 Å². The van der Waals surface area contributed by atoms with Gasteiger partial charge in [0.2, 0.25) is 0 Å². The van der Waals surface area contributed by atoms with Crippen molar-refractivity contribution in [2.24, 2.45) is 0 Å². The molecule has 0 heterocycles. The average Bonchev–Trinajstić information content (AvgIpc) is 2.79. The zero-order valence-corrected chi connectivity index (χ0v) is 22.5. The molecule has 0 saturated heterocycles. The molecule has 7 nitrogen and oxygen atoms in total. The highest BCUT2D eigenvalue weighted by molar-refractivity contribution is 7.92. The number of methoxy groups -OCH3 is 1. The molecule has 3 aromatic rings. The molecule has 0 aliphatic heterocycles.